The quantitative estimate of drug-likeness (QED) is 0.844. The molecule has 0 saturated carbocycles. The number of rotatable bonds is 3. The summed E-state index contributed by atoms with van der Waals surface area (Å²) in [5.41, 5.74) is 0.970. The molecule has 1 saturated heterocycles. The van der Waals surface area contributed by atoms with Gasteiger partial charge in [-0.15, -0.1) is 0 Å². The SMILES string of the molecule is CNCc1coc(N2CCSCC2C)n1. The van der Waals surface area contributed by atoms with Crippen LogP contribution in [0.1, 0.15) is 12.6 Å². The van der Waals surface area contributed by atoms with Crippen molar-refractivity contribution < 1.29 is 4.42 Å². The van der Waals surface area contributed by atoms with Gasteiger partial charge in [0.2, 0.25) is 0 Å². The Hall–Kier alpha value is -0.680. The number of anilines is 1. The molecule has 2 rings (SSSR count). The Labute approximate surface area is 94.4 Å². The van der Waals surface area contributed by atoms with E-state index in [9.17, 15) is 0 Å². The van der Waals surface area contributed by atoms with Crippen LogP contribution < -0.4 is 10.2 Å². The minimum absolute atomic E-state index is 0.518. The van der Waals surface area contributed by atoms with Gasteiger partial charge in [0, 0.05) is 30.6 Å². The van der Waals surface area contributed by atoms with E-state index in [1.807, 2.05) is 18.8 Å². The van der Waals surface area contributed by atoms with Crippen molar-refractivity contribution in [2.24, 2.45) is 0 Å². The monoisotopic (exact) mass is 227 g/mol. The highest BCUT2D eigenvalue weighted by atomic mass is 32.2. The van der Waals surface area contributed by atoms with Crippen LogP contribution in [-0.2, 0) is 6.54 Å². The fraction of sp³-hybridized carbons (Fsp3) is 0.700. The van der Waals surface area contributed by atoms with E-state index in [0.717, 1.165) is 36.3 Å². The van der Waals surface area contributed by atoms with E-state index in [0.29, 0.717) is 6.04 Å². The van der Waals surface area contributed by atoms with E-state index >= 15 is 0 Å². The molecule has 84 valence electrons. The number of hydrogen-bond donors (Lipinski definition) is 1. The summed E-state index contributed by atoms with van der Waals surface area (Å²) in [6.07, 6.45) is 1.74. The standard InChI is InChI=1S/C10H17N3OS/c1-8-7-15-4-3-13(8)10-12-9(5-11-2)6-14-10/h6,8,11H,3-5,7H2,1-2H3. The third-order valence-corrected chi connectivity index (χ3v) is 3.70. The predicted molar refractivity (Wildman–Crippen MR) is 63.4 cm³/mol. The van der Waals surface area contributed by atoms with Crippen molar-refractivity contribution in [3.05, 3.63) is 12.0 Å². The van der Waals surface area contributed by atoms with Gasteiger partial charge in [0.25, 0.3) is 6.01 Å². The minimum Gasteiger partial charge on any atom is -0.432 e. The average Bonchev–Trinajstić information content (AvgIpc) is 2.68. The second kappa shape index (κ2) is 4.90. The molecular formula is C10H17N3OS. The van der Waals surface area contributed by atoms with Crippen LogP contribution in [0.3, 0.4) is 0 Å². The molecule has 1 unspecified atom stereocenters. The number of nitrogens with one attached hydrogen (secondary N) is 1. The van der Waals surface area contributed by atoms with Gasteiger partial charge in [-0.2, -0.15) is 16.7 Å². The maximum absolute atomic E-state index is 5.49. The molecule has 0 aliphatic carbocycles. The van der Waals surface area contributed by atoms with Crippen LogP contribution in [0.5, 0.6) is 0 Å². The zero-order chi connectivity index (χ0) is 10.7. The van der Waals surface area contributed by atoms with Gasteiger partial charge in [-0.1, -0.05) is 0 Å². The summed E-state index contributed by atoms with van der Waals surface area (Å²) in [5.74, 6) is 2.32. The highest BCUT2D eigenvalue weighted by Gasteiger charge is 2.22. The first-order valence-corrected chi connectivity index (χ1v) is 6.40. The van der Waals surface area contributed by atoms with Crippen LogP contribution in [0.25, 0.3) is 0 Å². The molecule has 1 aliphatic rings. The smallest absolute Gasteiger partial charge is 0.297 e. The van der Waals surface area contributed by atoms with Crippen molar-refractivity contribution in [1.29, 1.82) is 0 Å². The lowest BCUT2D eigenvalue weighted by atomic mass is 10.3. The minimum atomic E-state index is 0.518. The highest BCUT2D eigenvalue weighted by Crippen LogP contribution is 2.23. The lowest BCUT2D eigenvalue weighted by molar-refractivity contribution is 0.515. The molecule has 15 heavy (non-hydrogen) atoms. The average molecular weight is 227 g/mol. The molecule has 4 nitrogen and oxygen atoms in total. The summed E-state index contributed by atoms with van der Waals surface area (Å²) in [4.78, 5) is 6.71. The van der Waals surface area contributed by atoms with E-state index < -0.39 is 0 Å². The Balaban J connectivity index is 2.06. The molecule has 0 aromatic carbocycles. The first kappa shape index (κ1) is 10.8. The Kier molecular flexibility index (Phi) is 3.53. The maximum atomic E-state index is 5.49. The third kappa shape index (κ3) is 2.46. The second-order valence-electron chi connectivity index (χ2n) is 3.77. The topological polar surface area (TPSA) is 41.3 Å². The number of thioether (sulfide) groups is 1. The van der Waals surface area contributed by atoms with Gasteiger partial charge in [0.1, 0.15) is 6.26 Å². The molecule has 0 amide bonds. The lowest BCUT2D eigenvalue weighted by Gasteiger charge is -2.31. The zero-order valence-corrected chi connectivity index (χ0v) is 10.0. The number of oxazole rings is 1. The fourth-order valence-corrected chi connectivity index (χ4v) is 2.72. The molecule has 0 bridgehead atoms. The molecule has 1 N–H and O–H groups in total. The van der Waals surface area contributed by atoms with E-state index in [4.69, 9.17) is 4.42 Å². The van der Waals surface area contributed by atoms with E-state index in [2.05, 4.69) is 22.1 Å². The Morgan fingerprint density at radius 2 is 2.60 bits per heavy atom. The summed E-state index contributed by atoms with van der Waals surface area (Å²) in [6.45, 7) is 4.01. The van der Waals surface area contributed by atoms with Crippen LogP contribution >= 0.6 is 11.8 Å². The molecule has 5 heteroatoms. The summed E-state index contributed by atoms with van der Waals surface area (Å²) in [6, 6.07) is 1.29. The molecule has 1 fully saturated rings. The molecule has 0 spiro atoms. The van der Waals surface area contributed by atoms with Crippen molar-refractivity contribution in [2.75, 3.05) is 30.0 Å². The summed E-state index contributed by atoms with van der Waals surface area (Å²) < 4.78 is 5.49. The summed E-state index contributed by atoms with van der Waals surface area (Å²) >= 11 is 2.00. The maximum Gasteiger partial charge on any atom is 0.297 e. The van der Waals surface area contributed by atoms with Crippen molar-refractivity contribution >= 4 is 17.8 Å². The predicted octanol–water partition coefficient (Wildman–Crippen LogP) is 1.34. The summed E-state index contributed by atoms with van der Waals surface area (Å²) in [7, 11) is 1.91. The number of nitrogens with zero attached hydrogens (tertiary/aromatic N) is 2. The molecule has 1 atom stereocenters. The molecule has 1 aromatic rings. The van der Waals surface area contributed by atoms with Crippen molar-refractivity contribution in [3.63, 3.8) is 0 Å². The van der Waals surface area contributed by atoms with Gasteiger partial charge in [-0.25, -0.2) is 0 Å². The molecule has 1 aliphatic heterocycles. The van der Waals surface area contributed by atoms with Crippen LogP contribution in [0, 0.1) is 0 Å². The van der Waals surface area contributed by atoms with Gasteiger partial charge in [0.05, 0.1) is 5.69 Å². The van der Waals surface area contributed by atoms with Crippen LogP contribution in [0.4, 0.5) is 6.01 Å². The van der Waals surface area contributed by atoms with Crippen LogP contribution in [0.2, 0.25) is 0 Å². The first-order chi connectivity index (χ1) is 7.31. The Morgan fingerprint density at radius 1 is 1.73 bits per heavy atom. The van der Waals surface area contributed by atoms with Crippen molar-refractivity contribution in [1.82, 2.24) is 10.3 Å². The Morgan fingerprint density at radius 3 is 3.33 bits per heavy atom. The van der Waals surface area contributed by atoms with Crippen molar-refractivity contribution in [2.45, 2.75) is 19.5 Å². The zero-order valence-electron chi connectivity index (χ0n) is 9.19. The van der Waals surface area contributed by atoms with E-state index in [1.54, 1.807) is 6.26 Å². The van der Waals surface area contributed by atoms with Gasteiger partial charge in [0.15, 0.2) is 0 Å². The van der Waals surface area contributed by atoms with Gasteiger partial charge < -0.3 is 14.6 Å². The van der Waals surface area contributed by atoms with Crippen LogP contribution in [0.15, 0.2) is 10.7 Å². The van der Waals surface area contributed by atoms with Gasteiger partial charge in [-0.05, 0) is 14.0 Å². The molecule has 1 aromatic heterocycles. The highest BCUT2D eigenvalue weighted by molar-refractivity contribution is 7.99. The lowest BCUT2D eigenvalue weighted by Crippen LogP contribution is -2.40. The molecule has 0 radical (unpaired) electrons. The van der Waals surface area contributed by atoms with E-state index in [1.165, 1.54) is 0 Å². The fourth-order valence-electron chi connectivity index (χ4n) is 1.70. The van der Waals surface area contributed by atoms with E-state index in [-0.39, 0.29) is 0 Å². The number of aromatic nitrogens is 1. The normalized spacial score (nSPS) is 22.0. The largest absolute Gasteiger partial charge is 0.432 e. The van der Waals surface area contributed by atoms with Gasteiger partial charge >= 0.3 is 0 Å². The van der Waals surface area contributed by atoms with Crippen LogP contribution in [-0.4, -0.2) is 36.1 Å². The molecule has 2 heterocycles. The van der Waals surface area contributed by atoms with Gasteiger partial charge in [-0.3, -0.25) is 0 Å². The number of hydrogen-bond acceptors (Lipinski definition) is 5. The second-order valence-corrected chi connectivity index (χ2v) is 4.92. The Bertz CT molecular complexity index is 315. The summed E-state index contributed by atoms with van der Waals surface area (Å²) in [5, 5.41) is 3.07. The van der Waals surface area contributed by atoms with Crippen molar-refractivity contribution in [3.8, 4) is 0 Å². The molecular weight excluding hydrogens is 210 g/mol. The third-order valence-electron chi connectivity index (χ3n) is 2.51. The first-order valence-electron chi connectivity index (χ1n) is 5.24.